The zero-order valence-electron chi connectivity index (χ0n) is 13.0. The number of rotatable bonds is 6. The average molecular weight is 394 g/mol. The van der Waals surface area contributed by atoms with E-state index in [4.69, 9.17) is 0 Å². The summed E-state index contributed by atoms with van der Waals surface area (Å²) in [6, 6.07) is 16.7. The fourth-order valence-electron chi connectivity index (χ4n) is 2.77. The van der Waals surface area contributed by atoms with Crippen molar-refractivity contribution in [1.82, 2.24) is 4.31 Å². The maximum atomic E-state index is 13.1. The van der Waals surface area contributed by atoms with Gasteiger partial charge in [-0.3, -0.25) is 0 Å². The first-order valence-electron chi connectivity index (χ1n) is 7.80. The number of benzene rings is 2. The molecule has 0 spiro atoms. The molecule has 2 aromatic carbocycles. The Morgan fingerprint density at radius 2 is 1.70 bits per heavy atom. The largest absolute Gasteiger partial charge is 0.243 e. The highest BCUT2D eigenvalue weighted by Gasteiger charge is 2.38. The van der Waals surface area contributed by atoms with Crippen LogP contribution >= 0.6 is 15.9 Å². The number of sulfonamides is 1. The molecule has 0 heterocycles. The fourth-order valence-corrected chi connectivity index (χ4v) is 4.71. The van der Waals surface area contributed by atoms with Crippen LogP contribution in [-0.4, -0.2) is 18.8 Å². The molecule has 1 fully saturated rings. The summed E-state index contributed by atoms with van der Waals surface area (Å²) in [5.41, 5.74) is 1.01. The highest BCUT2D eigenvalue weighted by molar-refractivity contribution is 9.10. The number of hydrogen-bond donors (Lipinski definition) is 0. The van der Waals surface area contributed by atoms with E-state index in [-0.39, 0.29) is 6.04 Å². The van der Waals surface area contributed by atoms with Crippen molar-refractivity contribution in [2.75, 3.05) is 0 Å². The second-order valence-corrected chi connectivity index (χ2v) is 8.87. The van der Waals surface area contributed by atoms with Crippen molar-refractivity contribution in [3.05, 3.63) is 64.6 Å². The van der Waals surface area contributed by atoms with Crippen LogP contribution in [0.1, 0.15) is 25.3 Å². The molecule has 1 atom stereocenters. The molecule has 5 heteroatoms. The normalized spacial score (nSPS) is 16.5. The van der Waals surface area contributed by atoms with Crippen LogP contribution < -0.4 is 0 Å². The van der Waals surface area contributed by atoms with Crippen molar-refractivity contribution in [3.8, 4) is 0 Å². The summed E-state index contributed by atoms with van der Waals surface area (Å²) in [6.45, 7) is 2.44. The number of nitrogens with zero attached hydrogens (tertiary/aromatic N) is 1. The molecule has 0 N–H and O–H groups in total. The van der Waals surface area contributed by atoms with Gasteiger partial charge in [-0.15, -0.1) is 0 Å². The first-order valence-corrected chi connectivity index (χ1v) is 10.0. The van der Waals surface area contributed by atoms with Gasteiger partial charge in [-0.2, -0.15) is 4.31 Å². The van der Waals surface area contributed by atoms with E-state index in [1.807, 2.05) is 37.3 Å². The topological polar surface area (TPSA) is 37.4 Å². The molecule has 0 bridgehead atoms. The van der Waals surface area contributed by atoms with E-state index in [0.717, 1.165) is 22.9 Å². The van der Waals surface area contributed by atoms with Gasteiger partial charge in [-0.25, -0.2) is 8.42 Å². The third-order valence-electron chi connectivity index (χ3n) is 4.36. The molecule has 1 aliphatic rings. The van der Waals surface area contributed by atoms with Gasteiger partial charge >= 0.3 is 0 Å². The molecule has 3 rings (SSSR count). The van der Waals surface area contributed by atoms with Crippen LogP contribution in [0.2, 0.25) is 0 Å². The van der Waals surface area contributed by atoms with E-state index >= 15 is 0 Å². The van der Waals surface area contributed by atoms with Crippen molar-refractivity contribution in [2.45, 2.75) is 37.2 Å². The molecule has 0 saturated heterocycles. The minimum atomic E-state index is -3.51. The minimum absolute atomic E-state index is 0.0175. The highest BCUT2D eigenvalue weighted by atomic mass is 79.9. The van der Waals surface area contributed by atoms with Crippen LogP contribution in [-0.2, 0) is 16.6 Å². The van der Waals surface area contributed by atoms with E-state index < -0.39 is 10.0 Å². The molecule has 1 unspecified atom stereocenters. The summed E-state index contributed by atoms with van der Waals surface area (Å²) in [5, 5.41) is 0. The lowest BCUT2D eigenvalue weighted by atomic mass is 10.2. The lowest BCUT2D eigenvalue weighted by Gasteiger charge is -2.28. The molecule has 2 aromatic rings. The zero-order valence-corrected chi connectivity index (χ0v) is 15.4. The number of halogens is 1. The Balaban J connectivity index is 1.94. The first kappa shape index (κ1) is 16.7. The molecule has 122 valence electrons. The Labute approximate surface area is 146 Å². The minimum Gasteiger partial charge on any atom is -0.207 e. The van der Waals surface area contributed by atoms with E-state index in [0.29, 0.717) is 17.4 Å². The van der Waals surface area contributed by atoms with E-state index in [2.05, 4.69) is 15.9 Å². The van der Waals surface area contributed by atoms with Gasteiger partial charge in [0.25, 0.3) is 0 Å². The molecule has 1 aliphatic carbocycles. The second-order valence-electron chi connectivity index (χ2n) is 6.07. The Kier molecular flexibility index (Phi) is 4.90. The molecule has 0 amide bonds. The second kappa shape index (κ2) is 6.75. The van der Waals surface area contributed by atoms with Gasteiger partial charge < -0.3 is 0 Å². The number of hydrogen-bond acceptors (Lipinski definition) is 2. The predicted octanol–water partition coefficient (Wildman–Crippen LogP) is 4.44. The van der Waals surface area contributed by atoms with Crippen molar-refractivity contribution < 1.29 is 8.42 Å². The zero-order chi connectivity index (χ0) is 16.4. The molecule has 1 saturated carbocycles. The summed E-state index contributed by atoms with van der Waals surface area (Å²) in [7, 11) is -3.51. The highest BCUT2D eigenvalue weighted by Crippen LogP contribution is 2.37. The summed E-state index contributed by atoms with van der Waals surface area (Å²) in [6.07, 6.45) is 2.23. The van der Waals surface area contributed by atoms with E-state index in [1.165, 1.54) is 0 Å². The van der Waals surface area contributed by atoms with Gasteiger partial charge in [0.1, 0.15) is 0 Å². The van der Waals surface area contributed by atoms with Gasteiger partial charge in [0.05, 0.1) is 4.90 Å². The lowest BCUT2D eigenvalue weighted by Crippen LogP contribution is -2.39. The summed E-state index contributed by atoms with van der Waals surface area (Å²) < 4.78 is 28.8. The Morgan fingerprint density at radius 1 is 1.09 bits per heavy atom. The average Bonchev–Trinajstić information content (AvgIpc) is 3.38. The smallest absolute Gasteiger partial charge is 0.207 e. The van der Waals surface area contributed by atoms with Crippen molar-refractivity contribution >= 4 is 26.0 Å². The van der Waals surface area contributed by atoms with Crippen LogP contribution in [0.25, 0.3) is 0 Å². The molecule has 0 aromatic heterocycles. The molecule has 0 aliphatic heterocycles. The van der Waals surface area contributed by atoms with E-state index in [9.17, 15) is 8.42 Å². The van der Waals surface area contributed by atoms with Crippen molar-refractivity contribution in [2.24, 2.45) is 5.92 Å². The summed E-state index contributed by atoms with van der Waals surface area (Å²) >= 11 is 3.36. The Morgan fingerprint density at radius 3 is 2.26 bits per heavy atom. The standard InChI is InChI=1S/C18H20BrNO2S/c1-14(16-7-8-16)20(13-15-5-3-2-4-6-15)23(21,22)18-11-9-17(19)10-12-18/h2-6,9-12,14,16H,7-8,13H2,1H3. The summed E-state index contributed by atoms with van der Waals surface area (Å²) in [4.78, 5) is 0.351. The summed E-state index contributed by atoms with van der Waals surface area (Å²) in [5.74, 6) is 0.476. The Bertz CT molecular complexity index is 755. The van der Waals surface area contributed by atoms with Crippen LogP contribution in [0.3, 0.4) is 0 Å². The van der Waals surface area contributed by atoms with Crippen LogP contribution in [0.15, 0.2) is 64.0 Å². The van der Waals surface area contributed by atoms with Gasteiger partial charge in [0.15, 0.2) is 0 Å². The van der Waals surface area contributed by atoms with Gasteiger partial charge in [-0.05, 0) is 55.5 Å². The predicted molar refractivity (Wildman–Crippen MR) is 95.5 cm³/mol. The molecule has 0 radical (unpaired) electrons. The van der Waals surface area contributed by atoms with Crippen LogP contribution in [0, 0.1) is 5.92 Å². The lowest BCUT2D eigenvalue weighted by molar-refractivity contribution is 0.303. The van der Waals surface area contributed by atoms with E-state index in [1.54, 1.807) is 28.6 Å². The Hall–Kier alpha value is -1.17. The quantitative estimate of drug-likeness (QED) is 0.727. The third kappa shape index (κ3) is 3.84. The maximum Gasteiger partial charge on any atom is 0.243 e. The van der Waals surface area contributed by atoms with Gasteiger partial charge in [0.2, 0.25) is 10.0 Å². The van der Waals surface area contributed by atoms with Crippen molar-refractivity contribution in [1.29, 1.82) is 0 Å². The first-order chi connectivity index (χ1) is 11.0. The monoisotopic (exact) mass is 393 g/mol. The maximum absolute atomic E-state index is 13.1. The molecule has 23 heavy (non-hydrogen) atoms. The van der Waals surface area contributed by atoms with Gasteiger partial charge in [0, 0.05) is 17.1 Å². The third-order valence-corrected chi connectivity index (χ3v) is 6.84. The van der Waals surface area contributed by atoms with Crippen molar-refractivity contribution in [3.63, 3.8) is 0 Å². The van der Waals surface area contributed by atoms with Gasteiger partial charge in [-0.1, -0.05) is 46.3 Å². The molecular formula is C18H20BrNO2S. The molecular weight excluding hydrogens is 374 g/mol. The van der Waals surface area contributed by atoms with Crippen LogP contribution in [0.4, 0.5) is 0 Å². The van der Waals surface area contributed by atoms with Crippen LogP contribution in [0.5, 0.6) is 0 Å². The molecule has 3 nitrogen and oxygen atoms in total. The fraction of sp³-hybridized carbons (Fsp3) is 0.333. The SMILES string of the molecule is CC(C1CC1)N(Cc1ccccc1)S(=O)(=O)c1ccc(Br)cc1.